The molecule has 0 aliphatic carbocycles. The van der Waals surface area contributed by atoms with E-state index in [-0.39, 0.29) is 17.5 Å². The molecule has 1 heterocycles. The molecule has 0 spiro atoms. The second kappa shape index (κ2) is 9.98. The van der Waals surface area contributed by atoms with E-state index in [1.807, 2.05) is 30.3 Å². The van der Waals surface area contributed by atoms with E-state index in [1.54, 1.807) is 12.1 Å². The number of benzene rings is 2. The third kappa shape index (κ3) is 5.99. The van der Waals surface area contributed by atoms with Gasteiger partial charge in [0.1, 0.15) is 5.82 Å². The third-order valence-corrected chi connectivity index (χ3v) is 5.10. The summed E-state index contributed by atoms with van der Waals surface area (Å²) in [7, 11) is 1.33. The molecular formula is C23H25FN2O3. The van der Waals surface area contributed by atoms with E-state index in [2.05, 4.69) is 21.0 Å². The van der Waals surface area contributed by atoms with E-state index < -0.39 is 6.09 Å². The zero-order valence-electron chi connectivity index (χ0n) is 16.4. The maximum atomic E-state index is 13.0. The Hall–Kier alpha value is -2.99. The number of methoxy groups -OCH3 is 1. The number of hydrogen-bond acceptors (Lipinski definition) is 4. The lowest BCUT2D eigenvalue weighted by atomic mass is 9.89. The summed E-state index contributed by atoms with van der Waals surface area (Å²) >= 11 is 0. The Morgan fingerprint density at radius 3 is 2.38 bits per heavy atom. The minimum atomic E-state index is -0.491. The largest absolute Gasteiger partial charge is 0.453 e. The van der Waals surface area contributed by atoms with Crippen molar-refractivity contribution < 1.29 is 18.7 Å². The lowest BCUT2D eigenvalue weighted by Crippen LogP contribution is -2.36. The maximum absolute atomic E-state index is 13.0. The standard InChI is InChI=1S/C23H25FN2O3/c1-29-23(28)25-21-10-4-17(5-11-21)3-2-14-26-15-12-19(13-16-26)22(27)18-6-8-20(24)9-7-18/h2-11,19H,12-16H2,1H3,(H,25,28). The van der Waals surface area contributed by atoms with Gasteiger partial charge in [-0.1, -0.05) is 24.3 Å². The zero-order chi connectivity index (χ0) is 20.6. The smallest absolute Gasteiger partial charge is 0.411 e. The number of carbonyl (C=O) groups excluding carboxylic acids is 2. The molecule has 0 unspecified atom stereocenters. The first kappa shape index (κ1) is 20.7. The van der Waals surface area contributed by atoms with Crippen molar-refractivity contribution in [2.45, 2.75) is 12.8 Å². The second-order valence-electron chi connectivity index (χ2n) is 7.09. The lowest BCUT2D eigenvalue weighted by Gasteiger charge is -2.30. The topological polar surface area (TPSA) is 58.6 Å². The Balaban J connectivity index is 1.44. The third-order valence-electron chi connectivity index (χ3n) is 5.10. The van der Waals surface area contributed by atoms with Crippen LogP contribution in [0.25, 0.3) is 6.08 Å². The number of anilines is 1. The van der Waals surface area contributed by atoms with Gasteiger partial charge in [0.2, 0.25) is 0 Å². The lowest BCUT2D eigenvalue weighted by molar-refractivity contribution is 0.0848. The summed E-state index contributed by atoms with van der Waals surface area (Å²) in [4.78, 5) is 26.0. The minimum absolute atomic E-state index is 0.00976. The molecule has 1 saturated heterocycles. The molecule has 2 aromatic rings. The van der Waals surface area contributed by atoms with Crippen molar-refractivity contribution in [2.24, 2.45) is 5.92 Å². The van der Waals surface area contributed by atoms with Crippen LogP contribution in [-0.2, 0) is 4.74 Å². The van der Waals surface area contributed by atoms with Crippen LogP contribution in [-0.4, -0.2) is 43.5 Å². The quantitative estimate of drug-likeness (QED) is 0.725. The molecule has 3 rings (SSSR count). The number of Topliss-reactive ketones (excluding diaryl/α,β-unsaturated/α-hetero) is 1. The molecule has 0 radical (unpaired) electrons. The van der Waals surface area contributed by atoms with Crippen molar-refractivity contribution in [1.29, 1.82) is 0 Å². The van der Waals surface area contributed by atoms with E-state index in [0.29, 0.717) is 11.3 Å². The number of ketones is 1. The molecule has 1 amide bonds. The molecule has 1 fully saturated rings. The molecule has 5 nitrogen and oxygen atoms in total. The summed E-state index contributed by atoms with van der Waals surface area (Å²) in [5.41, 5.74) is 2.32. The van der Waals surface area contributed by atoms with Crippen LogP contribution in [0.15, 0.2) is 54.6 Å². The highest BCUT2D eigenvalue weighted by Gasteiger charge is 2.25. The predicted molar refractivity (Wildman–Crippen MR) is 111 cm³/mol. The van der Waals surface area contributed by atoms with Crippen molar-refractivity contribution in [2.75, 3.05) is 32.1 Å². The number of carbonyl (C=O) groups is 2. The summed E-state index contributed by atoms with van der Waals surface area (Å²) in [6.07, 6.45) is 5.29. The number of nitrogens with one attached hydrogen (secondary N) is 1. The Morgan fingerprint density at radius 2 is 1.76 bits per heavy atom. The average Bonchev–Trinajstić information content (AvgIpc) is 2.75. The van der Waals surface area contributed by atoms with Crippen molar-refractivity contribution in [3.63, 3.8) is 0 Å². The minimum Gasteiger partial charge on any atom is -0.453 e. The van der Waals surface area contributed by atoms with Crippen LogP contribution in [0.5, 0.6) is 0 Å². The van der Waals surface area contributed by atoms with Crippen LogP contribution < -0.4 is 5.32 Å². The fourth-order valence-electron chi connectivity index (χ4n) is 3.41. The van der Waals surface area contributed by atoms with Crippen LogP contribution in [0, 0.1) is 11.7 Å². The van der Waals surface area contributed by atoms with E-state index in [0.717, 1.165) is 38.0 Å². The SMILES string of the molecule is COC(=O)Nc1ccc(C=CCN2CCC(C(=O)c3ccc(F)cc3)CC2)cc1. The summed E-state index contributed by atoms with van der Waals surface area (Å²) in [5, 5.41) is 2.61. The molecule has 0 atom stereocenters. The Bertz CT molecular complexity index is 855. The summed E-state index contributed by atoms with van der Waals surface area (Å²) in [6, 6.07) is 13.3. The number of halogens is 1. The van der Waals surface area contributed by atoms with Gasteiger partial charge < -0.3 is 4.74 Å². The fourth-order valence-corrected chi connectivity index (χ4v) is 3.41. The molecule has 0 aromatic heterocycles. The first-order valence-electron chi connectivity index (χ1n) is 9.69. The molecule has 6 heteroatoms. The van der Waals surface area contributed by atoms with Gasteiger partial charge in [-0.15, -0.1) is 0 Å². The van der Waals surface area contributed by atoms with Crippen molar-refractivity contribution in [3.8, 4) is 0 Å². The summed E-state index contributed by atoms with van der Waals surface area (Å²) < 4.78 is 17.6. The number of hydrogen-bond donors (Lipinski definition) is 1. The molecule has 29 heavy (non-hydrogen) atoms. The highest BCUT2D eigenvalue weighted by Crippen LogP contribution is 2.22. The first-order valence-corrected chi connectivity index (χ1v) is 9.69. The molecule has 0 bridgehead atoms. The molecule has 152 valence electrons. The monoisotopic (exact) mass is 396 g/mol. The Labute approximate surface area is 170 Å². The van der Waals surface area contributed by atoms with Crippen LogP contribution in [0.3, 0.4) is 0 Å². The van der Waals surface area contributed by atoms with Crippen molar-refractivity contribution in [1.82, 2.24) is 4.90 Å². The van der Waals surface area contributed by atoms with Crippen LogP contribution in [0.2, 0.25) is 0 Å². The fraction of sp³-hybridized carbons (Fsp3) is 0.304. The zero-order valence-corrected chi connectivity index (χ0v) is 16.4. The number of nitrogens with zero attached hydrogens (tertiary/aromatic N) is 1. The molecule has 1 aliphatic rings. The van der Waals surface area contributed by atoms with Crippen molar-refractivity contribution >= 4 is 23.6 Å². The molecule has 1 aliphatic heterocycles. The van der Waals surface area contributed by atoms with Gasteiger partial charge in [-0.05, 0) is 67.9 Å². The number of likely N-dealkylation sites (tertiary alicyclic amines) is 1. The summed E-state index contributed by atoms with van der Waals surface area (Å²) in [6.45, 7) is 2.55. The molecule has 0 saturated carbocycles. The first-order chi connectivity index (χ1) is 14.0. The van der Waals surface area contributed by atoms with Gasteiger partial charge in [0.05, 0.1) is 7.11 Å². The van der Waals surface area contributed by atoms with Gasteiger partial charge >= 0.3 is 6.09 Å². The van der Waals surface area contributed by atoms with Gasteiger partial charge in [-0.2, -0.15) is 0 Å². The van der Waals surface area contributed by atoms with Crippen molar-refractivity contribution in [3.05, 3.63) is 71.6 Å². The average molecular weight is 396 g/mol. The number of ether oxygens (including phenoxy) is 1. The predicted octanol–water partition coefficient (Wildman–Crippen LogP) is 4.61. The van der Waals surface area contributed by atoms with E-state index in [1.165, 1.54) is 19.2 Å². The van der Waals surface area contributed by atoms with Gasteiger partial charge in [0.25, 0.3) is 0 Å². The molecule has 2 aromatic carbocycles. The van der Waals surface area contributed by atoms with E-state index in [9.17, 15) is 14.0 Å². The Kier molecular flexibility index (Phi) is 7.14. The number of amides is 1. The van der Waals surface area contributed by atoms with Gasteiger partial charge in [0.15, 0.2) is 5.78 Å². The van der Waals surface area contributed by atoms with E-state index in [4.69, 9.17) is 0 Å². The number of piperidine rings is 1. The maximum Gasteiger partial charge on any atom is 0.411 e. The van der Waals surface area contributed by atoms with Crippen LogP contribution in [0.4, 0.5) is 14.9 Å². The van der Waals surface area contributed by atoms with Crippen LogP contribution >= 0.6 is 0 Å². The molecular weight excluding hydrogens is 371 g/mol. The van der Waals surface area contributed by atoms with Gasteiger partial charge in [0, 0.05) is 23.7 Å². The van der Waals surface area contributed by atoms with Crippen LogP contribution in [0.1, 0.15) is 28.8 Å². The molecule has 1 N–H and O–H groups in total. The highest BCUT2D eigenvalue weighted by molar-refractivity contribution is 5.97. The van der Waals surface area contributed by atoms with Gasteiger partial charge in [-0.3, -0.25) is 15.0 Å². The Morgan fingerprint density at radius 1 is 1.10 bits per heavy atom. The highest BCUT2D eigenvalue weighted by atomic mass is 19.1. The van der Waals surface area contributed by atoms with E-state index >= 15 is 0 Å². The normalized spacial score (nSPS) is 15.4. The second-order valence-corrected chi connectivity index (χ2v) is 7.09. The van der Waals surface area contributed by atoms with Gasteiger partial charge in [-0.25, -0.2) is 9.18 Å². The number of rotatable bonds is 6. The summed E-state index contributed by atoms with van der Waals surface area (Å²) in [5.74, 6) is -0.200.